The lowest BCUT2D eigenvalue weighted by Gasteiger charge is -2.50. The van der Waals surface area contributed by atoms with Gasteiger partial charge in [0, 0.05) is 24.1 Å². The number of nitrogens with zero attached hydrogens (tertiary/aromatic N) is 2. The molecule has 4 aliphatic rings. The second kappa shape index (κ2) is 9.74. The van der Waals surface area contributed by atoms with Crippen molar-refractivity contribution < 1.29 is 34.8 Å². The Kier molecular flexibility index (Phi) is 6.82. The number of primary amides is 1. The molecular weight excluding hydrogens is 504 g/mol. The number of hydrogen-bond acceptors (Lipinski definition) is 10. The molecule has 0 saturated carbocycles. The number of fused-ring (bicyclic) bond motifs is 3. The van der Waals surface area contributed by atoms with Crippen molar-refractivity contribution in [3.8, 4) is 5.75 Å². The normalized spacial score (nSPS) is 29.9. The predicted molar refractivity (Wildman–Crippen MR) is 141 cm³/mol. The van der Waals surface area contributed by atoms with Gasteiger partial charge in [-0.15, -0.1) is 0 Å². The SMILES string of the molecule is CN1CCC(NCc2ccc(O)c3c2CC2CC4C(N(C)C)C(O)=C(C(N)=O)C(=O)C4(O)C(O)=C2C3=O)CC1. The van der Waals surface area contributed by atoms with Crippen LogP contribution in [0.3, 0.4) is 0 Å². The molecule has 11 heteroatoms. The molecule has 3 aliphatic carbocycles. The molecule has 0 radical (unpaired) electrons. The van der Waals surface area contributed by atoms with Crippen LogP contribution in [-0.2, 0) is 22.6 Å². The van der Waals surface area contributed by atoms with Gasteiger partial charge in [-0.2, -0.15) is 0 Å². The van der Waals surface area contributed by atoms with Crippen molar-refractivity contribution >= 4 is 17.5 Å². The number of nitrogens with two attached hydrogens (primary N) is 1. The fourth-order valence-electron chi connectivity index (χ4n) is 6.95. The highest BCUT2D eigenvalue weighted by Gasteiger charge is 2.63. The summed E-state index contributed by atoms with van der Waals surface area (Å²) in [6.07, 6.45) is 2.36. The molecule has 4 atom stereocenters. The van der Waals surface area contributed by atoms with Crippen molar-refractivity contribution in [2.75, 3.05) is 34.2 Å². The summed E-state index contributed by atoms with van der Waals surface area (Å²) in [6, 6.07) is 2.56. The van der Waals surface area contributed by atoms with Gasteiger partial charge in [-0.25, -0.2) is 0 Å². The number of piperidine rings is 1. The third kappa shape index (κ3) is 4.15. The van der Waals surface area contributed by atoms with Crippen LogP contribution in [0.25, 0.3) is 0 Å². The number of aliphatic hydroxyl groups excluding tert-OH is 2. The minimum atomic E-state index is -2.63. The highest BCUT2D eigenvalue weighted by molar-refractivity contribution is 6.24. The molecular formula is C28H36N4O7. The van der Waals surface area contributed by atoms with E-state index in [0.717, 1.165) is 31.5 Å². The molecule has 7 N–H and O–H groups in total. The van der Waals surface area contributed by atoms with Crippen molar-refractivity contribution in [2.45, 2.75) is 49.9 Å². The van der Waals surface area contributed by atoms with Crippen molar-refractivity contribution in [3.63, 3.8) is 0 Å². The van der Waals surface area contributed by atoms with Gasteiger partial charge in [0.05, 0.1) is 11.6 Å². The van der Waals surface area contributed by atoms with Crippen molar-refractivity contribution in [2.24, 2.45) is 17.6 Å². The number of hydrogen-bond donors (Lipinski definition) is 6. The Morgan fingerprint density at radius 3 is 2.46 bits per heavy atom. The molecule has 1 aliphatic heterocycles. The number of likely N-dealkylation sites (tertiary alicyclic amines) is 1. The van der Waals surface area contributed by atoms with Gasteiger partial charge in [-0.1, -0.05) is 6.07 Å². The van der Waals surface area contributed by atoms with Gasteiger partial charge in [-0.05, 0) is 83.0 Å². The summed E-state index contributed by atoms with van der Waals surface area (Å²) in [5.41, 5.74) is 3.34. The molecule has 0 bridgehead atoms. The third-order valence-corrected chi connectivity index (χ3v) is 9.00. The summed E-state index contributed by atoms with van der Waals surface area (Å²) in [5.74, 6) is -6.45. The Balaban J connectivity index is 1.56. The Morgan fingerprint density at radius 2 is 1.85 bits per heavy atom. The number of phenols is 1. The van der Waals surface area contributed by atoms with Crippen LogP contribution in [0.4, 0.5) is 0 Å². The number of rotatable bonds is 5. The minimum absolute atomic E-state index is 0.0402. The van der Waals surface area contributed by atoms with Gasteiger partial charge >= 0.3 is 0 Å². The fraction of sp³-hybridized carbons (Fsp3) is 0.536. The molecule has 1 amide bonds. The lowest BCUT2D eigenvalue weighted by atomic mass is 9.58. The fourth-order valence-corrected chi connectivity index (χ4v) is 6.95. The number of phenolic OH excluding ortho intramolecular Hbond substituents is 1. The van der Waals surface area contributed by atoms with Crippen LogP contribution >= 0.6 is 0 Å². The summed E-state index contributed by atoms with van der Waals surface area (Å²) >= 11 is 0. The Labute approximate surface area is 226 Å². The highest BCUT2D eigenvalue weighted by Crippen LogP contribution is 2.52. The van der Waals surface area contributed by atoms with Crippen LogP contribution in [-0.4, -0.2) is 99.6 Å². The molecule has 210 valence electrons. The number of carbonyl (C=O) groups excluding carboxylic acids is 3. The van der Waals surface area contributed by atoms with Gasteiger partial charge in [0.25, 0.3) is 5.91 Å². The van der Waals surface area contributed by atoms with Crippen molar-refractivity contribution in [1.82, 2.24) is 15.1 Å². The average Bonchev–Trinajstić information content (AvgIpc) is 2.86. The van der Waals surface area contributed by atoms with Crippen LogP contribution in [0.2, 0.25) is 0 Å². The summed E-state index contributed by atoms with van der Waals surface area (Å²) in [5, 5.41) is 48.2. The van der Waals surface area contributed by atoms with Gasteiger partial charge in [-0.3, -0.25) is 19.3 Å². The topological polar surface area (TPSA) is 177 Å². The zero-order valence-corrected chi connectivity index (χ0v) is 22.4. The highest BCUT2D eigenvalue weighted by atomic mass is 16.3. The molecule has 1 fully saturated rings. The molecule has 0 spiro atoms. The second-order valence-corrected chi connectivity index (χ2v) is 11.5. The minimum Gasteiger partial charge on any atom is -0.510 e. The van der Waals surface area contributed by atoms with Crippen LogP contribution < -0.4 is 11.1 Å². The zero-order valence-electron chi connectivity index (χ0n) is 22.4. The van der Waals surface area contributed by atoms with E-state index in [4.69, 9.17) is 5.73 Å². The summed E-state index contributed by atoms with van der Waals surface area (Å²) in [7, 11) is 5.31. The Bertz CT molecular complexity index is 1310. The van der Waals surface area contributed by atoms with Crippen LogP contribution in [0.15, 0.2) is 34.8 Å². The number of aliphatic hydroxyl groups is 3. The maximum absolute atomic E-state index is 13.8. The molecule has 39 heavy (non-hydrogen) atoms. The molecule has 1 aromatic carbocycles. The number of benzene rings is 1. The summed E-state index contributed by atoms with van der Waals surface area (Å²) < 4.78 is 0. The molecule has 11 nitrogen and oxygen atoms in total. The van der Waals surface area contributed by atoms with Crippen LogP contribution in [0, 0.1) is 11.8 Å². The van der Waals surface area contributed by atoms with Gasteiger partial charge < -0.3 is 36.4 Å². The van der Waals surface area contributed by atoms with Crippen molar-refractivity contribution in [3.05, 3.63) is 51.5 Å². The largest absolute Gasteiger partial charge is 0.510 e. The molecule has 1 saturated heterocycles. The van der Waals surface area contributed by atoms with E-state index in [-0.39, 0.29) is 29.7 Å². The van der Waals surface area contributed by atoms with Gasteiger partial charge in [0.1, 0.15) is 22.8 Å². The monoisotopic (exact) mass is 540 g/mol. The smallest absolute Gasteiger partial charge is 0.255 e. The molecule has 1 heterocycles. The number of carbonyl (C=O) groups is 3. The standard InChI is InChI=1S/C28H36N4O7/c1-31(2)22-17-11-14-10-16-13(12-30-15-6-8-32(3)9-7-15)4-5-18(33)20(16)23(34)19(14)25(36)28(17,39)26(37)21(24(22)35)27(29)38/h4-5,14-15,17,22,30,33,35-36,39H,6-12H2,1-3H3,(H2,29,38). The molecule has 0 aromatic heterocycles. The van der Waals surface area contributed by atoms with Gasteiger partial charge in [0.2, 0.25) is 5.78 Å². The number of ketones is 2. The lowest BCUT2D eigenvalue weighted by Crippen LogP contribution is -2.63. The number of likely N-dealkylation sites (N-methyl/N-ethyl adjacent to an activating group) is 1. The number of Topliss-reactive ketones (excluding diaryl/α,β-unsaturated/α-hetero) is 2. The quantitative estimate of drug-likeness (QED) is 0.285. The number of nitrogens with one attached hydrogen (secondary N) is 1. The van der Waals surface area contributed by atoms with E-state index in [1.807, 2.05) is 0 Å². The van der Waals surface area contributed by atoms with Crippen LogP contribution in [0.1, 0.15) is 40.7 Å². The summed E-state index contributed by atoms with van der Waals surface area (Å²) in [6.45, 7) is 2.49. The van der Waals surface area contributed by atoms with E-state index < -0.39 is 58.0 Å². The first kappa shape index (κ1) is 27.3. The van der Waals surface area contributed by atoms with E-state index in [2.05, 4.69) is 17.3 Å². The average molecular weight is 541 g/mol. The Hall–Kier alpha value is -3.25. The van der Waals surface area contributed by atoms with Crippen LogP contribution in [0.5, 0.6) is 5.75 Å². The van der Waals surface area contributed by atoms with E-state index in [1.54, 1.807) is 25.1 Å². The second-order valence-electron chi connectivity index (χ2n) is 11.5. The Morgan fingerprint density at radius 1 is 1.18 bits per heavy atom. The first-order valence-corrected chi connectivity index (χ1v) is 13.3. The van der Waals surface area contributed by atoms with E-state index in [9.17, 15) is 34.8 Å². The van der Waals surface area contributed by atoms with E-state index in [1.165, 1.54) is 6.07 Å². The first-order chi connectivity index (χ1) is 18.4. The summed E-state index contributed by atoms with van der Waals surface area (Å²) in [4.78, 5) is 43.1. The number of allylic oxidation sites excluding steroid dienone is 1. The first-order valence-electron chi connectivity index (χ1n) is 13.3. The molecule has 5 rings (SSSR count). The maximum Gasteiger partial charge on any atom is 0.255 e. The molecule has 1 aromatic rings. The lowest BCUT2D eigenvalue weighted by molar-refractivity contribution is -0.148. The number of amides is 1. The maximum atomic E-state index is 13.8. The molecule has 4 unspecified atom stereocenters. The van der Waals surface area contributed by atoms with Gasteiger partial charge in [0.15, 0.2) is 11.4 Å². The van der Waals surface area contributed by atoms with E-state index >= 15 is 0 Å². The van der Waals surface area contributed by atoms with E-state index in [0.29, 0.717) is 18.2 Å². The predicted octanol–water partition coefficient (Wildman–Crippen LogP) is 0.304. The third-order valence-electron chi connectivity index (χ3n) is 9.00. The number of aromatic hydroxyl groups is 1. The zero-order chi connectivity index (χ0) is 28.4. The van der Waals surface area contributed by atoms with Crippen molar-refractivity contribution in [1.29, 1.82) is 0 Å².